The summed E-state index contributed by atoms with van der Waals surface area (Å²) in [7, 11) is 0. The van der Waals surface area contributed by atoms with Crippen LogP contribution in [0.15, 0.2) is 17.3 Å². The highest BCUT2D eigenvalue weighted by Gasteiger charge is 1.94. The Morgan fingerprint density at radius 2 is 2.11 bits per heavy atom. The smallest absolute Gasteiger partial charge is 0.0224 e. The Balaban J connectivity index is 0.000000291. The Bertz CT molecular complexity index is 103. The van der Waals surface area contributed by atoms with Crippen LogP contribution in [-0.2, 0) is 0 Å². The van der Waals surface area contributed by atoms with Crippen LogP contribution < -0.4 is 0 Å². The van der Waals surface area contributed by atoms with Crippen molar-refractivity contribution in [3.63, 3.8) is 0 Å². The number of aliphatic imine (C=N–C) groups is 1. The summed E-state index contributed by atoms with van der Waals surface area (Å²) in [4.78, 5) is 3.95. The molecule has 1 nitrogen and oxygen atoms in total. The second kappa shape index (κ2) is 5.54. The summed E-state index contributed by atoms with van der Waals surface area (Å²) in [5, 5.41) is 0. The van der Waals surface area contributed by atoms with Gasteiger partial charge in [-0.1, -0.05) is 26.8 Å². The minimum atomic E-state index is 0.657. The topological polar surface area (TPSA) is 12.4 Å². The van der Waals surface area contributed by atoms with Gasteiger partial charge in [0.25, 0.3) is 0 Å². The molecule has 0 aromatic heterocycles. The monoisotopic (exact) mass is 125 g/mol. The van der Waals surface area contributed by atoms with Crippen LogP contribution in [0.1, 0.15) is 27.2 Å². The molecule has 0 radical (unpaired) electrons. The van der Waals surface area contributed by atoms with Crippen LogP contribution >= 0.6 is 0 Å². The average Bonchev–Trinajstić information content (AvgIpc) is 1.94. The van der Waals surface area contributed by atoms with Crippen molar-refractivity contribution >= 4 is 6.21 Å². The third-order valence-corrected chi connectivity index (χ3v) is 1.04. The minimum Gasteiger partial charge on any atom is -0.269 e. The summed E-state index contributed by atoms with van der Waals surface area (Å²) < 4.78 is 0. The molecule has 1 heteroatoms. The summed E-state index contributed by atoms with van der Waals surface area (Å²) in [6.07, 6.45) is 7.06. The molecule has 52 valence electrons. The van der Waals surface area contributed by atoms with Crippen molar-refractivity contribution in [3.8, 4) is 0 Å². The lowest BCUT2D eigenvalue weighted by Gasteiger charge is -2.01. The van der Waals surface area contributed by atoms with Crippen LogP contribution in [0.25, 0.3) is 0 Å². The van der Waals surface area contributed by atoms with Crippen LogP contribution in [0.5, 0.6) is 0 Å². The van der Waals surface area contributed by atoms with Crippen molar-refractivity contribution in [2.45, 2.75) is 27.2 Å². The molecule has 1 rings (SSSR count). The number of rotatable bonds is 0. The van der Waals surface area contributed by atoms with Crippen molar-refractivity contribution in [1.82, 2.24) is 0 Å². The lowest BCUT2D eigenvalue weighted by Crippen LogP contribution is -1.95. The Labute approximate surface area is 57.5 Å². The third kappa shape index (κ3) is 3.95. The second-order valence-electron chi connectivity index (χ2n) is 1.90. The van der Waals surface area contributed by atoms with E-state index in [4.69, 9.17) is 0 Å². The Kier molecular flexibility index (Phi) is 5.18. The summed E-state index contributed by atoms with van der Waals surface area (Å²) in [5.74, 6) is 0.657. The number of allylic oxidation sites excluding steroid dienone is 1. The molecule has 1 aliphatic rings. The fourth-order valence-electron chi connectivity index (χ4n) is 0.594. The zero-order valence-corrected chi connectivity index (χ0v) is 6.46. The maximum atomic E-state index is 3.95. The van der Waals surface area contributed by atoms with E-state index in [1.54, 1.807) is 0 Å². The first-order chi connectivity index (χ1) is 4.39. The zero-order chi connectivity index (χ0) is 7.11. The van der Waals surface area contributed by atoms with Crippen LogP contribution in [-0.4, -0.2) is 6.21 Å². The highest BCUT2D eigenvalue weighted by atomic mass is 14.7. The molecule has 0 bridgehead atoms. The van der Waals surface area contributed by atoms with Crippen molar-refractivity contribution < 1.29 is 0 Å². The molecule has 0 saturated carbocycles. The van der Waals surface area contributed by atoms with Gasteiger partial charge in [0.05, 0.1) is 0 Å². The first-order valence-electron chi connectivity index (χ1n) is 3.58. The molecule has 0 spiro atoms. The first kappa shape index (κ1) is 8.41. The van der Waals surface area contributed by atoms with Gasteiger partial charge in [0.15, 0.2) is 0 Å². The van der Waals surface area contributed by atoms with Gasteiger partial charge in [-0.3, -0.25) is 4.99 Å². The molecule has 0 amide bonds. The molecular formula is C8H15N. The van der Waals surface area contributed by atoms with Crippen molar-refractivity contribution in [3.05, 3.63) is 12.3 Å². The van der Waals surface area contributed by atoms with Gasteiger partial charge in [-0.2, -0.15) is 0 Å². The van der Waals surface area contributed by atoms with Crippen molar-refractivity contribution in [2.75, 3.05) is 0 Å². The third-order valence-electron chi connectivity index (χ3n) is 1.04. The van der Waals surface area contributed by atoms with Crippen LogP contribution in [0.4, 0.5) is 0 Å². The largest absolute Gasteiger partial charge is 0.269 e. The Morgan fingerprint density at radius 1 is 1.44 bits per heavy atom. The highest BCUT2D eigenvalue weighted by molar-refractivity contribution is 5.62. The lowest BCUT2D eigenvalue weighted by atomic mass is 10.1. The normalized spacial score (nSPS) is 22.8. The van der Waals surface area contributed by atoms with E-state index in [0.717, 1.165) is 6.42 Å². The SMILES string of the molecule is CC.CC1C=NC=CC1. The van der Waals surface area contributed by atoms with Crippen LogP contribution in [0.3, 0.4) is 0 Å². The molecule has 0 aromatic rings. The first-order valence-corrected chi connectivity index (χ1v) is 3.58. The number of hydrogen-bond donors (Lipinski definition) is 0. The Hall–Kier alpha value is -0.590. The summed E-state index contributed by atoms with van der Waals surface area (Å²) >= 11 is 0. The molecule has 0 saturated heterocycles. The van der Waals surface area contributed by atoms with Crippen LogP contribution in [0.2, 0.25) is 0 Å². The zero-order valence-electron chi connectivity index (χ0n) is 6.46. The van der Waals surface area contributed by atoms with Crippen molar-refractivity contribution in [2.24, 2.45) is 10.9 Å². The van der Waals surface area contributed by atoms with E-state index < -0.39 is 0 Å². The van der Waals surface area contributed by atoms with Gasteiger partial charge in [0.1, 0.15) is 0 Å². The fraction of sp³-hybridized carbons (Fsp3) is 0.625. The maximum absolute atomic E-state index is 3.95. The van der Waals surface area contributed by atoms with Gasteiger partial charge in [-0.05, 0) is 12.3 Å². The molecule has 1 atom stereocenters. The van der Waals surface area contributed by atoms with E-state index in [9.17, 15) is 0 Å². The standard InChI is InChI=1S/C6H9N.C2H6/c1-6-3-2-4-7-5-6;1-2/h2,4-6H,3H2,1H3;1-2H3. The molecular weight excluding hydrogens is 110 g/mol. The molecule has 1 heterocycles. The van der Waals surface area contributed by atoms with E-state index in [2.05, 4.69) is 18.0 Å². The van der Waals surface area contributed by atoms with Crippen LogP contribution in [0, 0.1) is 5.92 Å². The highest BCUT2D eigenvalue weighted by Crippen LogP contribution is 2.03. The quantitative estimate of drug-likeness (QED) is 0.472. The molecule has 9 heavy (non-hydrogen) atoms. The van der Waals surface area contributed by atoms with E-state index in [1.165, 1.54) is 0 Å². The average molecular weight is 125 g/mol. The van der Waals surface area contributed by atoms with E-state index in [-0.39, 0.29) is 0 Å². The summed E-state index contributed by atoms with van der Waals surface area (Å²) in [6, 6.07) is 0. The molecule has 0 aromatic carbocycles. The number of nitrogens with zero attached hydrogens (tertiary/aromatic N) is 1. The molecule has 0 aliphatic carbocycles. The molecule has 0 N–H and O–H groups in total. The van der Waals surface area contributed by atoms with Crippen molar-refractivity contribution in [1.29, 1.82) is 0 Å². The fourth-order valence-corrected chi connectivity index (χ4v) is 0.594. The van der Waals surface area contributed by atoms with Gasteiger partial charge in [-0.15, -0.1) is 0 Å². The van der Waals surface area contributed by atoms with Gasteiger partial charge in [0, 0.05) is 12.4 Å². The van der Waals surface area contributed by atoms with Gasteiger partial charge >= 0.3 is 0 Å². The van der Waals surface area contributed by atoms with Gasteiger partial charge in [-0.25, -0.2) is 0 Å². The Morgan fingerprint density at radius 3 is 2.33 bits per heavy atom. The second-order valence-corrected chi connectivity index (χ2v) is 1.90. The van der Waals surface area contributed by atoms with E-state index >= 15 is 0 Å². The summed E-state index contributed by atoms with van der Waals surface area (Å²) in [6.45, 7) is 6.16. The van der Waals surface area contributed by atoms with E-state index in [0.29, 0.717) is 5.92 Å². The molecule has 1 unspecified atom stereocenters. The lowest BCUT2D eigenvalue weighted by molar-refractivity contribution is 0.796. The molecule has 1 aliphatic heterocycles. The summed E-state index contributed by atoms with van der Waals surface area (Å²) in [5.41, 5.74) is 0. The van der Waals surface area contributed by atoms with Gasteiger partial charge < -0.3 is 0 Å². The predicted octanol–water partition coefficient (Wildman–Crippen LogP) is 2.64. The van der Waals surface area contributed by atoms with E-state index in [1.807, 2.05) is 26.3 Å². The number of hydrogen-bond acceptors (Lipinski definition) is 1. The van der Waals surface area contributed by atoms with Gasteiger partial charge in [0.2, 0.25) is 0 Å². The minimum absolute atomic E-state index is 0.657. The molecule has 0 fully saturated rings. The predicted molar refractivity (Wildman–Crippen MR) is 42.8 cm³/mol. The maximum Gasteiger partial charge on any atom is 0.0224 e.